The predicted molar refractivity (Wildman–Crippen MR) is 51.0 cm³/mol. The third kappa shape index (κ3) is 2.17. The summed E-state index contributed by atoms with van der Waals surface area (Å²) in [7, 11) is 0. The van der Waals surface area contributed by atoms with E-state index in [0.717, 1.165) is 10.2 Å². The van der Waals surface area contributed by atoms with Crippen molar-refractivity contribution in [2.24, 2.45) is 0 Å². The van der Waals surface area contributed by atoms with Crippen LogP contribution in [-0.2, 0) is 0 Å². The molecule has 0 saturated heterocycles. The molecule has 0 N–H and O–H groups in total. The van der Waals surface area contributed by atoms with Crippen molar-refractivity contribution in [3.8, 4) is 0 Å². The monoisotopic (exact) mass is 233 g/mol. The standard InChI is InChI=1S/C8H9BrClN/c1-5(2)7-3-6(10)4-11-8(7)9/h3-5H,1-2H3. The molecule has 1 aromatic heterocycles. The number of aromatic nitrogens is 1. The smallest absolute Gasteiger partial charge is 0.109 e. The Labute approximate surface area is 79.9 Å². The van der Waals surface area contributed by atoms with E-state index in [4.69, 9.17) is 11.6 Å². The van der Waals surface area contributed by atoms with Crippen molar-refractivity contribution in [2.75, 3.05) is 0 Å². The zero-order valence-electron chi connectivity index (χ0n) is 6.44. The third-order valence-corrected chi connectivity index (χ3v) is 2.32. The quantitative estimate of drug-likeness (QED) is 0.676. The minimum absolute atomic E-state index is 0.454. The van der Waals surface area contributed by atoms with Crippen LogP contribution in [0.4, 0.5) is 0 Å². The summed E-state index contributed by atoms with van der Waals surface area (Å²) in [5.74, 6) is 0.454. The first-order chi connectivity index (χ1) is 5.11. The van der Waals surface area contributed by atoms with Crippen LogP contribution in [0.15, 0.2) is 16.9 Å². The minimum atomic E-state index is 0.454. The van der Waals surface area contributed by atoms with Gasteiger partial charge >= 0.3 is 0 Å². The van der Waals surface area contributed by atoms with Gasteiger partial charge in [0.15, 0.2) is 0 Å². The van der Waals surface area contributed by atoms with Crippen LogP contribution in [0.1, 0.15) is 25.3 Å². The molecule has 1 nitrogen and oxygen atoms in total. The molecule has 0 fully saturated rings. The molecule has 1 rings (SSSR count). The highest BCUT2D eigenvalue weighted by molar-refractivity contribution is 9.10. The molecule has 11 heavy (non-hydrogen) atoms. The zero-order chi connectivity index (χ0) is 8.43. The molecule has 0 bridgehead atoms. The van der Waals surface area contributed by atoms with Crippen LogP contribution >= 0.6 is 27.5 Å². The highest BCUT2D eigenvalue weighted by Gasteiger charge is 2.05. The molecule has 0 radical (unpaired) electrons. The van der Waals surface area contributed by atoms with Gasteiger partial charge in [0, 0.05) is 6.20 Å². The summed E-state index contributed by atoms with van der Waals surface area (Å²) in [6.07, 6.45) is 1.64. The first kappa shape index (κ1) is 9.01. The van der Waals surface area contributed by atoms with Gasteiger partial charge < -0.3 is 0 Å². The average molecular weight is 235 g/mol. The van der Waals surface area contributed by atoms with E-state index < -0.39 is 0 Å². The molecule has 0 aromatic carbocycles. The van der Waals surface area contributed by atoms with Crippen LogP contribution in [0, 0.1) is 0 Å². The van der Waals surface area contributed by atoms with Crippen molar-refractivity contribution >= 4 is 27.5 Å². The summed E-state index contributed by atoms with van der Waals surface area (Å²) in [5, 5.41) is 0.692. The van der Waals surface area contributed by atoms with Gasteiger partial charge in [-0.2, -0.15) is 0 Å². The van der Waals surface area contributed by atoms with Crippen LogP contribution in [-0.4, -0.2) is 4.98 Å². The normalized spacial score (nSPS) is 10.6. The number of rotatable bonds is 1. The van der Waals surface area contributed by atoms with Crippen molar-refractivity contribution in [3.05, 3.63) is 27.5 Å². The molecule has 1 heterocycles. The Bertz CT molecular complexity index is 260. The maximum absolute atomic E-state index is 5.78. The highest BCUT2D eigenvalue weighted by atomic mass is 79.9. The van der Waals surface area contributed by atoms with Gasteiger partial charge in [0.25, 0.3) is 0 Å². The van der Waals surface area contributed by atoms with E-state index >= 15 is 0 Å². The third-order valence-electron chi connectivity index (χ3n) is 1.45. The van der Waals surface area contributed by atoms with Gasteiger partial charge in [-0.1, -0.05) is 25.4 Å². The Morgan fingerprint density at radius 2 is 2.18 bits per heavy atom. The first-order valence-electron chi connectivity index (χ1n) is 3.42. The second-order valence-corrected chi connectivity index (χ2v) is 3.88. The lowest BCUT2D eigenvalue weighted by Crippen LogP contribution is -1.90. The molecule has 3 heteroatoms. The Balaban J connectivity index is 3.13. The summed E-state index contributed by atoms with van der Waals surface area (Å²) in [6.45, 7) is 4.22. The van der Waals surface area contributed by atoms with E-state index in [1.807, 2.05) is 6.07 Å². The van der Waals surface area contributed by atoms with E-state index in [2.05, 4.69) is 34.8 Å². The fourth-order valence-corrected chi connectivity index (χ4v) is 1.68. The van der Waals surface area contributed by atoms with Gasteiger partial charge in [-0.3, -0.25) is 0 Å². The molecule has 60 valence electrons. The molecule has 0 spiro atoms. The topological polar surface area (TPSA) is 12.9 Å². The lowest BCUT2D eigenvalue weighted by atomic mass is 10.1. The van der Waals surface area contributed by atoms with Gasteiger partial charge in [0.1, 0.15) is 4.60 Å². The van der Waals surface area contributed by atoms with E-state index in [9.17, 15) is 0 Å². The summed E-state index contributed by atoms with van der Waals surface area (Å²) >= 11 is 9.14. The van der Waals surface area contributed by atoms with Gasteiger partial charge in [-0.25, -0.2) is 4.98 Å². The first-order valence-corrected chi connectivity index (χ1v) is 4.59. The second kappa shape index (κ2) is 3.55. The maximum Gasteiger partial charge on any atom is 0.109 e. The molecule has 0 aliphatic heterocycles. The summed E-state index contributed by atoms with van der Waals surface area (Å²) in [4.78, 5) is 4.08. The molecular weight excluding hydrogens is 225 g/mol. The minimum Gasteiger partial charge on any atom is -0.248 e. The number of nitrogens with zero attached hydrogens (tertiary/aromatic N) is 1. The molecule has 0 amide bonds. The molecule has 0 aliphatic carbocycles. The van der Waals surface area contributed by atoms with Gasteiger partial charge in [-0.05, 0) is 33.5 Å². The predicted octanol–water partition coefficient (Wildman–Crippen LogP) is 3.62. The number of pyridine rings is 1. The Kier molecular flexibility index (Phi) is 2.90. The SMILES string of the molecule is CC(C)c1cc(Cl)cnc1Br. The van der Waals surface area contributed by atoms with Crippen LogP contribution in [0.2, 0.25) is 5.02 Å². The van der Waals surface area contributed by atoms with E-state index in [-0.39, 0.29) is 0 Å². The van der Waals surface area contributed by atoms with Crippen LogP contribution in [0.5, 0.6) is 0 Å². The van der Waals surface area contributed by atoms with E-state index in [1.54, 1.807) is 6.20 Å². The Hall–Kier alpha value is -0.0800. The van der Waals surface area contributed by atoms with Crippen LogP contribution in [0.3, 0.4) is 0 Å². The summed E-state index contributed by atoms with van der Waals surface area (Å²) < 4.78 is 0.886. The number of halogens is 2. The van der Waals surface area contributed by atoms with E-state index in [0.29, 0.717) is 10.9 Å². The number of hydrogen-bond acceptors (Lipinski definition) is 1. The lowest BCUT2D eigenvalue weighted by molar-refractivity contribution is 0.849. The highest BCUT2D eigenvalue weighted by Crippen LogP contribution is 2.24. The molecule has 0 aliphatic rings. The molecule has 0 saturated carbocycles. The average Bonchev–Trinajstić information content (AvgIpc) is 1.94. The zero-order valence-corrected chi connectivity index (χ0v) is 8.78. The van der Waals surface area contributed by atoms with Crippen LogP contribution < -0.4 is 0 Å². The van der Waals surface area contributed by atoms with Gasteiger partial charge in [0.05, 0.1) is 5.02 Å². The summed E-state index contributed by atoms with van der Waals surface area (Å²) in [5.41, 5.74) is 1.15. The van der Waals surface area contributed by atoms with Crippen LogP contribution in [0.25, 0.3) is 0 Å². The fourth-order valence-electron chi connectivity index (χ4n) is 0.843. The maximum atomic E-state index is 5.78. The molecule has 1 aromatic rings. The molecule has 0 atom stereocenters. The second-order valence-electron chi connectivity index (χ2n) is 2.69. The fraction of sp³-hybridized carbons (Fsp3) is 0.375. The summed E-state index contributed by atoms with van der Waals surface area (Å²) in [6, 6.07) is 1.93. The largest absolute Gasteiger partial charge is 0.248 e. The van der Waals surface area contributed by atoms with Crippen molar-refractivity contribution in [1.29, 1.82) is 0 Å². The molecule has 0 unspecified atom stereocenters. The Morgan fingerprint density at radius 3 is 2.64 bits per heavy atom. The lowest BCUT2D eigenvalue weighted by Gasteiger charge is -2.06. The van der Waals surface area contributed by atoms with Gasteiger partial charge in [-0.15, -0.1) is 0 Å². The Morgan fingerprint density at radius 1 is 1.55 bits per heavy atom. The molecular formula is C8H9BrClN. The van der Waals surface area contributed by atoms with Crippen molar-refractivity contribution in [3.63, 3.8) is 0 Å². The number of hydrogen-bond donors (Lipinski definition) is 0. The van der Waals surface area contributed by atoms with Crippen molar-refractivity contribution in [2.45, 2.75) is 19.8 Å². The van der Waals surface area contributed by atoms with Gasteiger partial charge in [0.2, 0.25) is 0 Å². The van der Waals surface area contributed by atoms with E-state index in [1.165, 1.54) is 0 Å². The van der Waals surface area contributed by atoms with Crippen molar-refractivity contribution < 1.29 is 0 Å². The van der Waals surface area contributed by atoms with Crippen molar-refractivity contribution in [1.82, 2.24) is 4.98 Å².